The monoisotopic (exact) mass is 479 g/mol. The van der Waals surface area contributed by atoms with E-state index in [-0.39, 0.29) is 0 Å². The molecule has 10 nitrogen and oxygen atoms in total. The van der Waals surface area contributed by atoms with Gasteiger partial charge in [0.1, 0.15) is 23.1 Å². The fourth-order valence-corrected chi connectivity index (χ4v) is 4.42. The summed E-state index contributed by atoms with van der Waals surface area (Å²) in [5, 5.41) is 6.79. The van der Waals surface area contributed by atoms with E-state index in [4.69, 9.17) is 9.72 Å². The first-order valence-electron chi connectivity index (χ1n) is 11.9. The molecule has 0 atom stereocenters. The molecule has 180 valence electrons. The Morgan fingerprint density at radius 3 is 2.78 bits per heavy atom. The molecule has 0 aromatic carbocycles. The van der Waals surface area contributed by atoms with Gasteiger partial charge in [-0.3, -0.25) is 4.98 Å². The zero-order chi connectivity index (χ0) is 24.3. The van der Waals surface area contributed by atoms with E-state index in [1.807, 2.05) is 30.3 Å². The van der Waals surface area contributed by atoms with Gasteiger partial charge in [0.25, 0.3) is 5.62 Å². The molecule has 0 unspecified atom stereocenters. The molecular formula is C26H25N9O. The molecule has 0 spiro atoms. The molecular weight excluding hydrogens is 454 g/mol. The summed E-state index contributed by atoms with van der Waals surface area (Å²) < 4.78 is 7.68. The zero-order valence-electron chi connectivity index (χ0n) is 19.9. The summed E-state index contributed by atoms with van der Waals surface area (Å²) in [6, 6.07) is 9.71. The average molecular weight is 480 g/mol. The summed E-state index contributed by atoms with van der Waals surface area (Å²) in [4.78, 5) is 25.0. The van der Waals surface area contributed by atoms with Crippen LogP contribution in [-0.2, 0) is 6.54 Å². The van der Waals surface area contributed by atoms with Crippen molar-refractivity contribution in [2.75, 3.05) is 50.1 Å². The highest BCUT2D eigenvalue weighted by Crippen LogP contribution is 2.30. The number of rotatable bonds is 3. The topological polar surface area (TPSA) is 105 Å². The second-order valence-corrected chi connectivity index (χ2v) is 8.47. The first kappa shape index (κ1) is 22.0. The molecule has 4 aliphatic heterocycles. The molecule has 2 N–H and O–H groups in total. The molecule has 0 aliphatic carbocycles. The fraction of sp³-hybridized carbons (Fsp3) is 0.269. The van der Waals surface area contributed by atoms with Crippen molar-refractivity contribution in [3.8, 4) is 29.1 Å². The maximum Gasteiger partial charge on any atom is 0.252 e. The summed E-state index contributed by atoms with van der Waals surface area (Å²) in [5.74, 6) is 9.55. The van der Waals surface area contributed by atoms with Crippen molar-refractivity contribution in [1.82, 2.24) is 29.8 Å². The standard InChI is InChI=1S/C26H25N9O/c1-36-25-21(6-7-22(32-25)34-12-9-27-10-13-34)31-26-30-17-20-15-19(5-4-18-3-2-8-28-16-18)23-29-11-14-35(23)24(20)33-26/h2-3,6-8,15-17,27,29H,9-14H2,1H3. The van der Waals surface area contributed by atoms with E-state index in [1.54, 1.807) is 25.7 Å². The van der Waals surface area contributed by atoms with Gasteiger partial charge in [0.05, 0.1) is 12.7 Å². The third kappa shape index (κ3) is 4.32. The highest BCUT2D eigenvalue weighted by molar-refractivity contribution is 5.69. The Morgan fingerprint density at radius 2 is 1.94 bits per heavy atom. The van der Waals surface area contributed by atoms with Gasteiger partial charge in [0.15, 0.2) is 0 Å². The van der Waals surface area contributed by atoms with Gasteiger partial charge in [0.2, 0.25) is 5.88 Å². The first-order chi connectivity index (χ1) is 17.8. The number of piperazine rings is 1. The lowest BCUT2D eigenvalue weighted by atomic mass is 10.1. The Kier molecular flexibility index (Phi) is 5.89. The molecule has 6 rings (SSSR count). The highest BCUT2D eigenvalue weighted by Gasteiger charge is 2.21. The van der Waals surface area contributed by atoms with Crippen LogP contribution in [0.3, 0.4) is 0 Å². The molecule has 6 heterocycles. The minimum absolute atomic E-state index is 0.355. The number of fused-ring (bicyclic) bond motifs is 3. The van der Waals surface area contributed by atoms with Crippen LogP contribution in [-0.4, -0.2) is 64.3 Å². The van der Waals surface area contributed by atoms with E-state index in [1.165, 1.54) is 0 Å². The van der Waals surface area contributed by atoms with Crippen molar-refractivity contribution in [2.24, 2.45) is 4.99 Å². The predicted molar refractivity (Wildman–Crippen MR) is 136 cm³/mol. The van der Waals surface area contributed by atoms with Gasteiger partial charge in [-0.05, 0) is 30.3 Å². The summed E-state index contributed by atoms with van der Waals surface area (Å²) in [6.07, 6.45) is 5.28. The van der Waals surface area contributed by atoms with Crippen LogP contribution in [0.2, 0.25) is 0 Å². The van der Waals surface area contributed by atoms with Gasteiger partial charge in [0, 0.05) is 69.0 Å². The Bertz CT molecular complexity index is 1500. The maximum atomic E-state index is 5.55. The Labute approximate surface area is 208 Å². The Balaban J connectivity index is 1.38. The van der Waals surface area contributed by atoms with E-state index < -0.39 is 0 Å². The van der Waals surface area contributed by atoms with E-state index in [0.717, 1.165) is 73.4 Å². The number of hydrogen-bond donors (Lipinski definition) is 2. The van der Waals surface area contributed by atoms with Crippen molar-refractivity contribution in [1.29, 1.82) is 0 Å². The van der Waals surface area contributed by atoms with Crippen molar-refractivity contribution in [2.45, 2.75) is 6.54 Å². The molecule has 2 aromatic rings. The molecule has 0 saturated carbocycles. The van der Waals surface area contributed by atoms with Crippen molar-refractivity contribution >= 4 is 17.3 Å². The van der Waals surface area contributed by atoms with E-state index in [9.17, 15) is 0 Å². The average Bonchev–Trinajstić information content (AvgIpc) is 3.44. The van der Waals surface area contributed by atoms with E-state index in [0.29, 0.717) is 17.2 Å². The number of nitrogens with one attached hydrogen (secondary N) is 2. The number of pyridine rings is 3. The Hall–Kier alpha value is -4.49. The lowest BCUT2D eigenvalue weighted by molar-refractivity contribution is 0.398. The number of methoxy groups -OCH3 is 1. The lowest BCUT2D eigenvalue weighted by Gasteiger charge is -2.28. The van der Waals surface area contributed by atoms with Crippen molar-refractivity contribution in [3.63, 3.8) is 0 Å². The largest absolute Gasteiger partial charge is 0.479 e. The van der Waals surface area contributed by atoms with Gasteiger partial charge in [-0.25, -0.2) is 9.98 Å². The van der Waals surface area contributed by atoms with Crippen LogP contribution in [0.25, 0.3) is 11.4 Å². The molecule has 10 heteroatoms. The van der Waals surface area contributed by atoms with Crippen LogP contribution in [0.15, 0.2) is 53.9 Å². The van der Waals surface area contributed by atoms with Crippen LogP contribution in [0.4, 0.5) is 17.3 Å². The first-order valence-corrected chi connectivity index (χ1v) is 11.9. The quantitative estimate of drug-likeness (QED) is 0.428. The Morgan fingerprint density at radius 1 is 1.03 bits per heavy atom. The summed E-state index contributed by atoms with van der Waals surface area (Å²) in [6.45, 7) is 5.29. The zero-order valence-corrected chi connectivity index (χ0v) is 19.9. The van der Waals surface area contributed by atoms with E-state index in [2.05, 4.69) is 51.9 Å². The molecule has 2 aromatic heterocycles. The second-order valence-electron chi connectivity index (χ2n) is 8.47. The van der Waals surface area contributed by atoms with Gasteiger partial charge >= 0.3 is 0 Å². The number of ether oxygens (including phenoxy) is 1. The summed E-state index contributed by atoms with van der Waals surface area (Å²) >= 11 is 0. The molecule has 1 saturated heterocycles. The van der Waals surface area contributed by atoms with Crippen LogP contribution < -0.4 is 25.9 Å². The van der Waals surface area contributed by atoms with Crippen LogP contribution >= 0.6 is 0 Å². The van der Waals surface area contributed by atoms with Gasteiger partial charge < -0.3 is 24.8 Å². The van der Waals surface area contributed by atoms with E-state index >= 15 is 0 Å². The fourth-order valence-electron chi connectivity index (χ4n) is 4.42. The third-order valence-corrected chi connectivity index (χ3v) is 6.17. The molecule has 0 amide bonds. The van der Waals surface area contributed by atoms with Gasteiger partial charge in [-0.1, -0.05) is 11.8 Å². The van der Waals surface area contributed by atoms with Crippen LogP contribution in [0, 0.1) is 11.8 Å². The van der Waals surface area contributed by atoms with Crippen molar-refractivity contribution < 1.29 is 4.74 Å². The minimum Gasteiger partial charge on any atom is -0.479 e. The van der Waals surface area contributed by atoms with Gasteiger partial charge in [-0.2, -0.15) is 9.97 Å². The summed E-state index contributed by atoms with van der Waals surface area (Å²) in [5.41, 5.74) is 3.61. The molecule has 36 heavy (non-hydrogen) atoms. The third-order valence-electron chi connectivity index (χ3n) is 6.17. The molecule has 4 aliphatic rings. The number of nitrogens with zero attached hydrogens (tertiary/aromatic N) is 7. The normalized spacial score (nSPS) is 15.2. The van der Waals surface area contributed by atoms with Crippen LogP contribution in [0.5, 0.6) is 5.88 Å². The molecule has 1 fully saturated rings. The maximum absolute atomic E-state index is 5.55. The minimum atomic E-state index is 0.355. The predicted octanol–water partition coefficient (Wildman–Crippen LogP) is 1.65. The highest BCUT2D eigenvalue weighted by atomic mass is 16.5. The molecule has 0 radical (unpaired) electrons. The van der Waals surface area contributed by atoms with Crippen molar-refractivity contribution in [3.05, 3.63) is 65.7 Å². The lowest BCUT2D eigenvalue weighted by Crippen LogP contribution is -2.43. The number of hydrogen-bond acceptors (Lipinski definition) is 9. The SMILES string of the molecule is COc1nc(N2CCNCC2)ccc1N=c1ncc2cc(C#Cc3cccnc3)c3n(c-2n1)CCN3. The molecule has 0 bridgehead atoms. The number of anilines is 2. The number of aromatic nitrogens is 5. The second kappa shape index (κ2) is 9.64. The smallest absolute Gasteiger partial charge is 0.252 e. The van der Waals surface area contributed by atoms with Gasteiger partial charge in [-0.15, -0.1) is 0 Å². The van der Waals surface area contributed by atoms with Crippen LogP contribution in [0.1, 0.15) is 11.1 Å². The summed E-state index contributed by atoms with van der Waals surface area (Å²) in [7, 11) is 1.60.